The lowest BCUT2D eigenvalue weighted by atomic mass is 10.0. The molecule has 1 saturated heterocycles. The number of rotatable bonds is 3. The Kier molecular flexibility index (Phi) is 5.84. The van der Waals surface area contributed by atoms with Crippen LogP contribution in [0.2, 0.25) is 5.02 Å². The molecule has 1 amide bonds. The highest BCUT2D eigenvalue weighted by molar-refractivity contribution is 6.36. The molecule has 0 saturated carbocycles. The van der Waals surface area contributed by atoms with Crippen molar-refractivity contribution in [2.24, 2.45) is 0 Å². The van der Waals surface area contributed by atoms with Gasteiger partial charge in [-0.1, -0.05) is 42.4 Å². The van der Waals surface area contributed by atoms with Gasteiger partial charge in [0.05, 0.1) is 10.4 Å². The van der Waals surface area contributed by atoms with E-state index in [2.05, 4.69) is 21.5 Å². The van der Waals surface area contributed by atoms with E-state index in [0.717, 1.165) is 0 Å². The predicted molar refractivity (Wildman–Crippen MR) is 133 cm³/mol. The Bertz CT molecular complexity index is 1490. The Morgan fingerprint density at radius 2 is 1.91 bits per heavy atom. The van der Waals surface area contributed by atoms with Gasteiger partial charge in [0, 0.05) is 42.3 Å². The van der Waals surface area contributed by atoms with Crippen molar-refractivity contribution in [3.8, 4) is 11.3 Å². The monoisotopic (exact) mass is 493 g/mol. The van der Waals surface area contributed by atoms with E-state index < -0.39 is 11.6 Å². The van der Waals surface area contributed by atoms with Crippen molar-refractivity contribution in [1.29, 1.82) is 0 Å². The second-order valence-corrected chi connectivity index (χ2v) is 9.07. The number of fused-ring (bicyclic) bond motifs is 2. The highest BCUT2D eigenvalue weighted by atomic mass is 35.5. The van der Waals surface area contributed by atoms with Gasteiger partial charge in [-0.3, -0.25) is 9.78 Å². The SMILES string of the molecule is C=CC(=O)N1C[C@H](C)N(c2ncnc3c(F)c(-c4cccc5ccc(F)c(Cl)c45)ncc23)C[C@H]1C. The Morgan fingerprint density at radius 3 is 2.69 bits per heavy atom. The van der Waals surface area contributed by atoms with E-state index in [4.69, 9.17) is 11.6 Å². The number of pyridine rings is 1. The Balaban J connectivity index is 1.62. The largest absolute Gasteiger partial charge is 0.349 e. The van der Waals surface area contributed by atoms with Crippen LogP contribution >= 0.6 is 11.6 Å². The number of carbonyl (C=O) groups is 1. The molecule has 35 heavy (non-hydrogen) atoms. The molecule has 0 unspecified atom stereocenters. The number of piperazine rings is 1. The van der Waals surface area contributed by atoms with Crippen LogP contribution < -0.4 is 4.90 Å². The predicted octanol–water partition coefficient (Wildman–Crippen LogP) is 5.39. The van der Waals surface area contributed by atoms with Crippen LogP contribution in [0.5, 0.6) is 0 Å². The van der Waals surface area contributed by atoms with Crippen molar-refractivity contribution in [2.45, 2.75) is 25.9 Å². The number of nitrogens with zero attached hydrogens (tertiary/aromatic N) is 5. The van der Waals surface area contributed by atoms with Gasteiger partial charge in [0.1, 0.15) is 29.2 Å². The van der Waals surface area contributed by atoms with Crippen LogP contribution in [0.4, 0.5) is 14.6 Å². The van der Waals surface area contributed by atoms with E-state index in [0.29, 0.717) is 40.6 Å². The van der Waals surface area contributed by atoms with Crippen molar-refractivity contribution in [3.63, 3.8) is 0 Å². The van der Waals surface area contributed by atoms with E-state index >= 15 is 4.39 Å². The third-order valence-electron chi connectivity index (χ3n) is 6.51. The van der Waals surface area contributed by atoms with E-state index in [-0.39, 0.29) is 34.2 Å². The molecule has 6 nitrogen and oxygen atoms in total. The summed E-state index contributed by atoms with van der Waals surface area (Å²) in [6.45, 7) is 8.50. The third kappa shape index (κ3) is 3.78. The molecule has 3 heterocycles. The van der Waals surface area contributed by atoms with Gasteiger partial charge in [0.2, 0.25) is 5.91 Å². The first-order chi connectivity index (χ1) is 16.8. The van der Waals surface area contributed by atoms with Crippen molar-refractivity contribution in [1.82, 2.24) is 19.9 Å². The summed E-state index contributed by atoms with van der Waals surface area (Å²) in [4.78, 5) is 29.1. The Morgan fingerprint density at radius 1 is 1.11 bits per heavy atom. The fraction of sp³-hybridized carbons (Fsp3) is 0.231. The van der Waals surface area contributed by atoms with Crippen LogP contribution in [-0.2, 0) is 4.79 Å². The minimum atomic E-state index is -0.639. The van der Waals surface area contributed by atoms with Crippen LogP contribution in [-0.4, -0.2) is 50.9 Å². The number of aromatic nitrogens is 3. The number of carbonyl (C=O) groups excluding carboxylic acids is 1. The zero-order valence-corrected chi connectivity index (χ0v) is 19.9. The molecule has 0 radical (unpaired) electrons. The molecule has 0 N–H and O–H groups in total. The van der Waals surface area contributed by atoms with Crippen molar-refractivity contribution in [3.05, 3.63) is 72.2 Å². The van der Waals surface area contributed by atoms with Gasteiger partial charge in [-0.2, -0.15) is 0 Å². The molecule has 2 aromatic heterocycles. The number of benzene rings is 2. The van der Waals surface area contributed by atoms with Gasteiger partial charge in [-0.25, -0.2) is 18.7 Å². The number of amides is 1. The fourth-order valence-corrected chi connectivity index (χ4v) is 5.02. The second kappa shape index (κ2) is 8.85. The molecular formula is C26H22ClF2N5O. The minimum absolute atomic E-state index is 0.0306. The lowest BCUT2D eigenvalue weighted by molar-refractivity contribution is -0.128. The summed E-state index contributed by atoms with van der Waals surface area (Å²) in [5.41, 5.74) is 0.516. The first-order valence-electron chi connectivity index (χ1n) is 11.2. The number of halogens is 3. The maximum atomic E-state index is 15.9. The molecule has 1 aliphatic rings. The fourth-order valence-electron chi connectivity index (χ4n) is 4.75. The smallest absolute Gasteiger partial charge is 0.246 e. The van der Waals surface area contributed by atoms with Crippen molar-refractivity contribution < 1.29 is 13.6 Å². The number of hydrogen-bond donors (Lipinski definition) is 0. The highest BCUT2D eigenvalue weighted by Gasteiger charge is 2.33. The lowest BCUT2D eigenvalue weighted by Crippen LogP contribution is -2.58. The molecule has 0 spiro atoms. The zero-order chi connectivity index (χ0) is 24.9. The summed E-state index contributed by atoms with van der Waals surface area (Å²) in [6.07, 6.45) is 4.16. The van der Waals surface area contributed by atoms with Gasteiger partial charge in [-0.15, -0.1) is 0 Å². The maximum absolute atomic E-state index is 15.9. The average molecular weight is 494 g/mol. The molecule has 9 heteroatoms. The normalized spacial score (nSPS) is 18.3. The van der Waals surface area contributed by atoms with Gasteiger partial charge >= 0.3 is 0 Å². The van der Waals surface area contributed by atoms with Crippen molar-refractivity contribution in [2.75, 3.05) is 18.0 Å². The molecule has 2 atom stereocenters. The quantitative estimate of drug-likeness (QED) is 0.358. The first-order valence-corrected chi connectivity index (χ1v) is 11.6. The molecule has 0 aliphatic carbocycles. The Labute approximate surface area is 205 Å². The summed E-state index contributed by atoms with van der Waals surface area (Å²) in [7, 11) is 0. The zero-order valence-electron chi connectivity index (χ0n) is 19.2. The molecule has 0 bridgehead atoms. The number of hydrogen-bond acceptors (Lipinski definition) is 5. The van der Waals surface area contributed by atoms with Crippen molar-refractivity contribution >= 4 is 45.0 Å². The van der Waals surface area contributed by atoms with Crippen LogP contribution in [0.3, 0.4) is 0 Å². The summed E-state index contributed by atoms with van der Waals surface area (Å²) >= 11 is 6.26. The molecule has 4 aromatic rings. The molecular weight excluding hydrogens is 472 g/mol. The van der Waals surface area contributed by atoms with Crippen LogP contribution in [0, 0.1) is 11.6 Å². The molecule has 5 rings (SSSR count). The first kappa shape index (κ1) is 23.1. The summed E-state index contributed by atoms with van der Waals surface area (Å²) < 4.78 is 30.1. The second-order valence-electron chi connectivity index (χ2n) is 8.69. The topological polar surface area (TPSA) is 62.2 Å². The van der Waals surface area contributed by atoms with E-state index in [9.17, 15) is 9.18 Å². The summed E-state index contributed by atoms with van der Waals surface area (Å²) in [5, 5.41) is 1.43. The minimum Gasteiger partial charge on any atom is -0.349 e. The van der Waals surface area contributed by atoms with Crippen LogP contribution in [0.15, 0.2) is 55.5 Å². The third-order valence-corrected chi connectivity index (χ3v) is 6.88. The Hall–Kier alpha value is -3.65. The van der Waals surface area contributed by atoms with Gasteiger partial charge < -0.3 is 9.80 Å². The van der Waals surface area contributed by atoms with Gasteiger partial charge in [0.15, 0.2) is 5.82 Å². The number of anilines is 1. The van der Waals surface area contributed by atoms with Gasteiger partial charge in [-0.05, 0) is 31.4 Å². The maximum Gasteiger partial charge on any atom is 0.246 e. The summed E-state index contributed by atoms with van der Waals surface area (Å²) in [5.74, 6) is -0.811. The molecule has 1 fully saturated rings. The van der Waals surface area contributed by atoms with Gasteiger partial charge in [0.25, 0.3) is 0 Å². The van der Waals surface area contributed by atoms with Crippen LogP contribution in [0.1, 0.15) is 13.8 Å². The average Bonchev–Trinajstić information content (AvgIpc) is 2.87. The molecule has 2 aromatic carbocycles. The molecule has 178 valence electrons. The molecule has 1 aliphatic heterocycles. The highest BCUT2D eigenvalue weighted by Crippen LogP contribution is 2.38. The van der Waals surface area contributed by atoms with E-state index in [1.54, 1.807) is 29.2 Å². The van der Waals surface area contributed by atoms with E-state index in [1.165, 1.54) is 24.7 Å². The van der Waals surface area contributed by atoms with Crippen LogP contribution in [0.25, 0.3) is 32.9 Å². The lowest BCUT2D eigenvalue weighted by Gasteiger charge is -2.44. The van der Waals surface area contributed by atoms with E-state index in [1.807, 2.05) is 18.7 Å². The summed E-state index contributed by atoms with van der Waals surface area (Å²) in [6, 6.07) is 7.90. The standard InChI is InChI=1S/C26H22ClF2N5O/c1-4-20(35)33-11-15(3)34(12-14(33)2)26-18-10-30-24(23(29)25(18)31-13-32-26)17-7-5-6-16-8-9-19(28)22(27)21(16)17/h4-10,13-15H,1,11-12H2,2-3H3/t14-,15+/m1/s1.